The predicted molar refractivity (Wildman–Crippen MR) is 79.9 cm³/mol. The first-order chi connectivity index (χ1) is 9.08. The summed E-state index contributed by atoms with van der Waals surface area (Å²) in [6.07, 6.45) is 13.5. The summed E-state index contributed by atoms with van der Waals surface area (Å²) in [5, 5.41) is 10.5. The van der Waals surface area contributed by atoms with Crippen molar-refractivity contribution < 1.29 is 5.11 Å². The highest BCUT2D eigenvalue weighted by Crippen LogP contribution is 2.61. The van der Waals surface area contributed by atoms with Gasteiger partial charge in [-0.05, 0) is 80.5 Å². The average Bonchev–Trinajstić information content (AvgIpc) is 2.25. The molecule has 110 valence electrons. The van der Waals surface area contributed by atoms with E-state index in [2.05, 4.69) is 13.8 Å². The minimum Gasteiger partial charge on any atom is -0.393 e. The quantitative estimate of drug-likeness (QED) is 0.732. The average molecular weight is 264 g/mol. The van der Waals surface area contributed by atoms with E-state index in [1.54, 1.807) is 0 Å². The van der Waals surface area contributed by atoms with Crippen molar-refractivity contribution in [1.82, 2.24) is 0 Å². The van der Waals surface area contributed by atoms with Crippen molar-refractivity contribution in [1.29, 1.82) is 0 Å². The summed E-state index contributed by atoms with van der Waals surface area (Å²) >= 11 is 0. The molecule has 0 aromatic rings. The van der Waals surface area contributed by atoms with E-state index in [0.717, 1.165) is 30.6 Å². The van der Waals surface area contributed by atoms with Crippen LogP contribution < -0.4 is 0 Å². The summed E-state index contributed by atoms with van der Waals surface area (Å²) < 4.78 is 0. The Morgan fingerprint density at radius 3 is 2.05 bits per heavy atom. The van der Waals surface area contributed by atoms with Crippen LogP contribution in [0.25, 0.3) is 0 Å². The molecule has 1 N–H and O–H groups in total. The van der Waals surface area contributed by atoms with Gasteiger partial charge in [0.1, 0.15) is 0 Å². The maximum Gasteiger partial charge on any atom is 0.0548 e. The molecule has 0 aromatic heterocycles. The highest BCUT2D eigenvalue weighted by molar-refractivity contribution is 5.02. The predicted octanol–water partition coefficient (Wildman–Crippen LogP) is 4.78. The van der Waals surface area contributed by atoms with Crippen molar-refractivity contribution in [3.8, 4) is 0 Å². The Morgan fingerprint density at radius 2 is 1.58 bits per heavy atom. The van der Waals surface area contributed by atoms with Gasteiger partial charge in [-0.2, -0.15) is 0 Å². The van der Waals surface area contributed by atoms with E-state index in [-0.39, 0.29) is 6.10 Å². The normalized spacial score (nSPS) is 43.4. The fraction of sp³-hybridized carbons (Fsp3) is 1.00. The van der Waals surface area contributed by atoms with Crippen LogP contribution in [0.3, 0.4) is 0 Å². The highest BCUT2D eigenvalue weighted by atomic mass is 16.3. The van der Waals surface area contributed by atoms with Crippen LogP contribution in [0.15, 0.2) is 0 Å². The molecular weight excluding hydrogens is 232 g/mol. The topological polar surface area (TPSA) is 20.2 Å². The van der Waals surface area contributed by atoms with Crippen LogP contribution in [-0.2, 0) is 0 Å². The standard InChI is InChI=1S/C18H32O/c1-3-4-13(2)5-17(19)12-18-9-14-6-15(10-18)8-16(7-14)11-18/h13-17,19H,3-12H2,1-2H3. The Balaban J connectivity index is 1.57. The van der Waals surface area contributed by atoms with Crippen LogP contribution in [0.2, 0.25) is 0 Å². The number of hydrogen-bond acceptors (Lipinski definition) is 1. The molecule has 0 amide bonds. The van der Waals surface area contributed by atoms with E-state index in [4.69, 9.17) is 0 Å². The van der Waals surface area contributed by atoms with Crippen LogP contribution >= 0.6 is 0 Å². The van der Waals surface area contributed by atoms with Crippen molar-refractivity contribution in [2.45, 2.75) is 84.2 Å². The molecule has 1 heteroatoms. The molecule has 0 saturated heterocycles. The van der Waals surface area contributed by atoms with Gasteiger partial charge < -0.3 is 5.11 Å². The molecule has 4 aliphatic rings. The molecule has 0 aliphatic heterocycles. The molecule has 1 nitrogen and oxygen atoms in total. The first kappa shape index (κ1) is 13.9. The summed E-state index contributed by atoms with van der Waals surface area (Å²) in [6.45, 7) is 4.56. The van der Waals surface area contributed by atoms with Crippen molar-refractivity contribution in [2.24, 2.45) is 29.1 Å². The summed E-state index contributed by atoms with van der Waals surface area (Å²) in [7, 11) is 0. The maximum atomic E-state index is 10.5. The number of hydrogen-bond donors (Lipinski definition) is 1. The number of aliphatic hydroxyl groups is 1. The third-order valence-corrected chi connectivity index (χ3v) is 6.29. The van der Waals surface area contributed by atoms with E-state index < -0.39 is 0 Å². The van der Waals surface area contributed by atoms with Crippen molar-refractivity contribution in [3.05, 3.63) is 0 Å². The monoisotopic (exact) mass is 264 g/mol. The lowest BCUT2D eigenvalue weighted by Gasteiger charge is -2.57. The lowest BCUT2D eigenvalue weighted by molar-refractivity contribution is -0.0780. The van der Waals surface area contributed by atoms with Crippen LogP contribution in [0.5, 0.6) is 0 Å². The summed E-state index contributed by atoms with van der Waals surface area (Å²) in [6, 6.07) is 0. The van der Waals surface area contributed by atoms with Gasteiger partial charge >= 0.3 is 0 Å². The van der Waals surface area contributed by atoms with Crippen LogP contribution in [-0.4, -0.2) is 11.2 Å². The second-order valence-corrected chi connectivity index (χ2v) is 8.41. The smallest absolute Gasteiger partial charge is 0.0548 e. The molecule has 0 aromatic carbocycles. The zero-order chi connectivity index (χ0) is 13.5. The van der Waals surface area contributed by atoms with Gasteiger partial charge in [0, 0.05) is 0 Å². The van der Waals surface area contributed by atoms with Crippen LogP contribution in [0.1, 0.15) is 78.1 Å². The molecule has 2 atom stereocenters. The molecule has 4 rings (SSSR count). The number of rotatable bonds is 6. The Kier molecular flexibility index (Phi) is 3.95. The van der Waals surface area contributed by atoms with E-state index in [1.807, 2.05) is 0 Å². The lowest BCUT2D eigenvalue weighted by Crippen LogP contribution is -2.47. The first-order valence-corrected chi connectivity index (χ1v) is 8.76. The van der Waals surface area contributed by atoms with E-state index in [0.29, 0.717) is 11.3 Å². The second kappa shape index (κ2) is 5.39. The Morgan fingerprint density at radius 1 is 1.05 bits per heavy atom. The van der Waals surface area contributed by atoms with Gasteiger partial charge in [-0.3, -0.25) is 0 Å². The van der Waals surface area contributed by atoms with Gasteiger partial charge in [0.2, 0.25) is 0 Å². The van der Waals surface area contributed by atoms with Crippen molar-refractivity contribution in [3.63, 3.8) is 0 Å². The fourth-order valence-electron chi connectivity index (χ4n) is 6.20. The zero-order valence-corrected chi connectivity index (χ0v) is 12.9. The second-order valence-electron chi connectivity index (χ2n) is 8.41. The molecule has 0 spiro atoms. The summed E-state index contributed by atoms with van der Waals surface area (Å²) in [5.74, 6) is 3.76. The lowest BCUT2D eigenvalue weighted by atomic mass is 9.48. The summed E-state index contributed by atoms with van der Waals surface area (Å²) in [4.78, 5) is 0. The van der Waals surface area contributed by atoms with Gasteiger partial charge in [0.05, 0.1) is 6.10 Å². The molecule has 4 saturated carbocycles. The molecule has 4 fully saturated rings. The molecule has 0 radical (unpaired) electrons. The van der Waals surface area contributed by atoms with E-state index in [9.17, 15) is 5.11 Å². The largest absolute Gasteiger partial charge is 0.393 e. The molecule has 4 aliphatic carbocycles. The van der Waals surface area contributed by atoms with E-state index in [1.165, 1.54) is 51.4 Å². The Hall–Kier alpha value is -0.0400. The summed E-state index contributed by atoms with van der Waals surface area (Å²) in [5.41, 5.74) is 0.556. The minimum absolute atomic E-state index is 0.0298. The Bertz CT molecular complexity index is 274. The minimum atomic E-state index is -0.0298. The van der Waals surface area contributed by atoms with Gasteiger partial charge in [0.25, 0.3) is 0 Å². The van der Waals surface area contributed by atoms with Crippen LogP contribution in [0, 0.1) is 29.1 Å². The SMILES string of the molecule is CCCC(C)CC(O)CC12CC3CC(CC(C3)C1)C2. The third-order valence-electron chi connectivity index (χ3n) is 6.29. The fourth-order valence-corrected chi connectivity index (χ4v) is 6.20. The molecule has 4 bridgehead atoms. The Labute approximate surface area is 119 Å². The maximum absolute atomic E-state index is 10.5. The van der Waals surface area contributed by atoms with Gasteiger partial charge in [-0.25, -0.2) is 0 Å². The van der Waals surface area contributed by atoms with E-state index >= 15 is 0 Å². The van der Waals surface area contributed by atoms with Crippen LogP contribution in [0.4, 0.5) is 0 Å². The molecule has 0 heterocycles. The zero-order valence-electron chi connectivity index (χ0n) is 12.9. The first-order valence-electron chi connectivity index (χ1n) is 8.76. The van der Waals surface area contributed by atoms with Gasteiger partial charge in [0.15, 0.2) is 0 Å². The van der Waals surface area contributed by atoms with Gasteiger partial charge in [-0.15, -0.1) is 0 Å². The third kappa shape index (κ3) is 3.01. The highest BCUT2D eigenvalue weighted by Gasteiger charge is 2.51. The van der Waals surface area contributed by atoms with Gasteiger partial charge in [-0.1, -0.05) is 26.7 Å². The van der Waals surface area contributed by atoms with Crippen molar-refractivity contribution in [2.75, 3.05) is 0 Å². The number of aliphatic hydroxyl groups excluding tert-OH is 1. The van der Waals surface area contributed by atoms with Crippen molar-refractivity contribution >= 4 is 0 Å². The molecule has 2 unspecified atom stereocenters. The molecular formula is C18H32O. The molecule has 19 heavy (non-hydrogen) atoms.